The topological polar surface area (TPSA) is 147 Å². The van der Waals surface area contributed by atoms with Gasteiger partial charge in [-0.2, -0.15) is 5.10 Å². The summed E-state index contributed by atoms with van der Waals surface area (Å²) in [4.78, 5) is 38.4. The molecule has 230 valence electrons. The summed E-state index contributed by atoms with van der Waals surface area (Å²) < 4.78 is 26.1. The Balaban J connectivity index is 1.42. The number of methoxy groups -OCH3 is 2. The Kier molecular flexibility index (Phi) is 8.33. The fourth-order valence-corrected chi connectivity index (χ4v) is 5.16. The molecule has 11 nitrogen and oxygen atoms in total. The number of amides is 2. The number of rotatable bonds is 10. The zero-order chi connectivity index (χ0) is 32.2. The summed E-state index contributed by atoms with van der Waals surface area (Å²) in [6.07, 6.45) is 4.45. The Morgan fingerprint density at radius 1 is 0.913 bits per heavy atom. The molecule has 0 atom stereocenters. The number of benzene rings is 3. The Morgan fingerprint density at radius 2 is 1.67 bits per heavy atom. The van der Waals surface area contributed by atoms with E-state index in [1.54, 1.807) is 24.1 Å². The predicted octanol–water partition coefficient (Wildman–Crippen LogP) is 4.79. The minimum Gasteiger partial charge on any atom is -0.497 e. The lowest BCUT2D eigenvalue weighted by Gasteiger charge is -2.12. The van der Waals surface area contributed by atoms with Gasteiger partial charge in [0.1, 0.15) is 34.9 Å². The van der Waals surface area contributed by atoms with E-state index in [2.05, 4.69) is 20.3 Å². The molecule has 0 saturated heterocycles. The molecule has 3 heterocycles. The molecule has 3 aromatic carbocycles. The molecule has 0 fully saturated rings. The third-order valence-corrected chi connectivity index (χ3v) is 7.44. The van der Waals surface area contributed by atoms with E-state index in [9.17, 15) is 14.0 Å². The highest BCUT2D eigenvalue weighted by molar-refractivity contribution is 6.11. The third-order valence-electron chi connectivity index (χ3n) is 7.44. The van der Waals surface area contributed by atoms with Crippen molar-refractivity contribution in [2.24, 2.45) is 5.73 Å². The van der Waals surface area contributed by atoms with Crippen LogP contribution < -0.4 is 20.5 Å². The van der Waals surface area contributed by atoms with Crippen LogP contribution in [0.3, 0.4) is 0 Å². The molecule has 0 saturated carbocycles. The quantitative estimate of drug-likeness (QED) is 0.223. The monoisotopic (exact) mass is 617 g/mol. The number of ether oxygens (including phenoxy) is 2. The van der Waals surface area contributed by atoms with Crippen molar-refractivity contribution in [2.45, 2.75) is 13.1 Å². The van der Waals surface area contributed by atoms with Crippen molar-refractivity contribution < 1.29 is 23.5 Å². The van der Waals surface area contributed by atoms with Gasteiger partial charge in [0.05, 0.1) is 48.7 Å². The SMILES string of the molecule is COc1ccc(Cn2nc3c(C(N)=O)cnc(-c4ccncn4)c3c2-c2ccc(CNC(=O)c3cc(F)ccc3OC)cc2)cc1. The van der Waals surface area contributed by atoms with E-state index in [4.69, 9.17) is 20.3 Å². The smallest absolute Gasteiger partial charge is 0.255 e. The highest BCUT2D eigenvalue weighted by atomic mass is 19.1. The molecule has 2 amide bonds. The van der Waals surface area contributed by atoms with Gasteiger partial charge in [-0.05, 0) is 47.5 Å². The van der Waals surface area contributed by atoms with Gasteiger partial charge in [-0.15, -0.1) is 0 Å². The number of carbonyl (C=O) groups is 2. The first-order valence-corrected chi connectivity index (χ1v) is 14.2. The molecule has 0 unspecified atom stereocenters. The molecule has 6 aromatic rings. The first-order chi connectivity index (χ1) is 22.4. The molecule has 0 spiro atoms. The van der Waals surface area contributed by atoms with Gasteiger partial charge in [0.25, 0.3) is 11.8 Å². The van der Waals surface area contributed by atoms with Crippen LogP contribution in [-0.2, 0) is 13.1 Å². The molecule has 3 aromatic heterocycles. The fourth-order valence-electron chi connectivity index (χ4n) is 5.16. The van der Waals surface area contributed by atoms with Crippen molar-refractivity contribution in [2.75, 3.05) is 14.2 Å². The lowest BCUT2D eigenvalue weighted by atomic mass is 10.0. The molecule has 0 aliphatic rings. The zero-order valence-corrected chi connectivity index (χ0v) is 24.9. The maximum absolute atomic E-state index is 13.8. The zero-order valence-electron chi connectivity index (χ0n) is 24.9. The maximum Gasteiger partial charge on any atom is 0.255 e. The number of halogens is 1. The fraction of sp³-hybridized carbons (Fsp3) is 0.118. The summed E-state index contributed by atoms with van der Waals surface area (Å²) in [6.45, 7) is 0.549. The molecule has 0 radical (unpaired) electrons. The largest absolute Gasteiger partial charge is 0.497 e. The van der Waals surface area contributed by atoms with Gasteiger partial charge < -0.3 is 20.5 Å². The average Bonchev–Trinajstić information content (AvgIpc) is 3.46. The summed E-state index contributed by atoms with van der Waals surface area (Å²) in [5.74, 6) is -0.671. The molecule has 6 rings (SSSR count). The van der Waals surface area contributed by atoms with Crippen molar-refractivity contribution in [3.05, 3.63) is 120 Å². The van der Waals surface area contributed by atoms with Crippen molar-refractivity contribution in [3.63, 3.8) is 0 Å². The number of carbonyl (C=O) groups excluding carboxylic acids is 2. The van der Waals surface area contributed by atoms with Crippen molar-refractivity contribution in [1.29, 1.82) is 0 Å². The minimum atomic E-state index is -0.659. The number of hydrogen-bond donors (Lipinski definition) is 2. The van der Waals surface area contributed by atoms with Gasteiger partial charge in [-0.1, -0.05) is 36.4 Å². The molecule has 12 heteroatoms. The van der Waals surface area contributed by atoms with Crippen LogP contribution in [0.15, 0.2) is 91.5 Å². The Labute approximate surface area is 262 Å². The highest BCUT2D eigenvalue weighted by Crippen LogP contribution is 2.37. The van der Waals surface area contributed by atoms with Crippen molar-refractivity contribution >= 4 is 22.7 Å². The summed E-state index contributed by atoms with van der Waals surface area (Å²) >= 11 is 0. The standard InChI is InChI=1S/C34H28FN7O4/c1-45-24-10-5-21(6-11-24)18-42-32(29-30(41-42)26(33(36)43)17-38-31(29)27-13-14-37-19-40-27)22-7-3-20(4-8-22)16-39-34(44)25-15-23(35)9-12-28(25)46-2/h3-15,17,19H,16,18H2,1-2H3,(H2,36,43)(H,39,44). The van der Waals surface area contributed by atoms with Crippen LogP contribution >= 0.6 is 0 Å². The van der Waals surface area contributed by atoms with Crippen molar-refractivity contribution in [1.82, 2.24) is 30.0 Å². The summed E-state index contributed by atoms with van der Waals surface area (Å²) in [6, 6.07) is 20.6. The number of nitrogens with one attached hydrogen (secondary N) is 1. The number of fused-ring (bicyclic) bond motifs is 1. The Bertz CT molecular complexity index is 2050. The molecular weight excluding hydrogens is 589 g/mol. The number of pyridine rings is 1. The second-order valence-electron chi connectivity index (χ2n) is 10.3. The van der Waals surface area contributed by atoms with Crippen LogP contribution in [0, 0.1) is 5.82 Å². The summed E-state index contributed by atoms with van der Waals surface area (Å²) in [7, 11) is 3.03. The number of nitrogens with zero attached hydrogens (tertiary/aromatic N) is 5. The molecular formula is C34H28FN7O4. The van der Waals surface area contributed by atoms with Crippen LogP contribution in [0.1, 0.15) is 31.8 Å². The number of primary amides is 1. The van der Waals surface area contributed by atoms with Gasteiger partial charge in [-0.25, -0.2) is 14.4 Å². The molecule has 3 N–H and O–H groups in total. The predicted molar refractivity (Wildman–Crippen MR) is 169 cm³/mol. The second-order valence-corrected chi connectivity index (χ2v) is 10.3. The maximum atomic E-state index is 13.8. The van der Waals surface area contributed by atoms with E-state index in [0.29, 0.717) is 34.5 Å². The van der Waals surface area contributed by atoms with E-state index >= 15 is 0 Å². The van der Waals surface area contributed by atoms with Crippen LogP contribution in [-0.4, -0.2) is 50.8 Å². The van der Waals surface area contributed by atoms with Gasteiger partial charge in [0, 0.05) is 24.5 Å². The van der Waals surface area contributed by atoms with E-state index in [0.717, 1.165) is 28.5 Å². The van der Waals surface area contributed by atoms with Gasteiger partial charge >= 0.3 is 0 Å². The van der Waals surface area contributed by atoms with Crippen LogP contribution in [0.5, 0.6) is 11.5 Å². The Hall–Kier alpha value is -6.17. The highest BCUT2D eigenvalue weighted by Gasteiger charge is 2.24. The average molecular weight is 618 g/mol. The van der Waals surface area contributed by atoms with Crippen LogP contribution in [0.25, 0.3) is 33.5 Å². The molecule has 0 aliphatic heterocycles. The van der Waals surface area contributed by atoms with Gasteiger partial charge in [0.15, 0.2) is 0 Å². The van der Waals surface area contributed by atoms with Gasteiger partial charge in [0.2, 0.25) is 0 Å². The van der Waals surface area contributed by atoms with Crippen LogP contribution in [0.4, 0.5) is 4.39 Å². The van der Waals surface area contributed by atoms with Gasteiger partial charge in [-0.3, -0.25) is 19.3 Å². The number of hydrogen-bond acceptors (Lipinski definition) is 8. The lowest BCUT2D eigenvalue weighted by Crippen LogP contribution is -2.23. The lowest BCUT2D eigenvalue weighted by molar-refractivity contribution is 0.0946. The number of nitrogens with two attached hydrogens (primary N) is 1. The van der Waals surface area contributed by atoms with Crippen LogP contribution in [0.2, 0.25) is 0 Å². The molecule has 0 bridgehead atoms. The first kappa shape index (κ1) is 29.9. The number of aromatic nitrogens is 5. The van der Waals surface area contributed by atoms with E-state index in [-0.39, 0.29) is 23.4 Å². The van der Waals surface area contributed by atoms with E-state index in [1.807, 2.05) is 48.5 Å². The van der Waals surface area contributed by atoms with Crippen molar-refractivity contribution in [3.8, 4) is 34.1 Å². The minimum absolute atomic E-state index is 0.100. The Morgan fingerprint density at radius 3 is 2.35 bits per heavy atom. The molecule has 0 aliphatic carbocycles. The first-order valence-electron chi connectivity index (χ1n) is 14.2. The molecule has 46 heavy (non-hydrogen) atoms. The summed E-state index contributed by atoms with van der Waals surface area (Å²) in [5, 5.41) is 8.29. The third kappa shape index (κ3) is 5.95. The normalized spacial score (nSPS) is 10.9. The van der Waals surface area contributed by atoms with E-state index < -0.39 is 17.6 Å². The second kappa shape index (κ2) is 12.8. The summed E-state index contributed by atoms with van der Waals surface area (Å²) in [5.41, 5.74) is 10.7. The van der Waals surface area contributed by atoms with E-state index in [1.165, 1.54) is 31.8 Å².